The monoisotopic (exact) mass is 300 g/mol. The molecule has 0 radical (unpaired) electrons. The van der Waals surface area contributed by atoms with E-state index in [1.807, 2.05) is 11.8 Å². The molecule has 0 amide bonds. The summed E-state index contributed by atoms with van der Waals surface area (Å²) in [6.07, 6.45) is 1.05. The van der Waals surface area contributed by atoms with Crippen molar-refractivity contribution in [2.24, 2.45) is 0 Å². The average Bonchev–Trinajstić information content (AvgIpc) is 2.51. The topological polar surface area (TPSA) is 53.4 Å². The van der Waals surface area contributed by atoms with Crippen LogP contribution in [-0.2, 0) is 0 Å². The Bertz CT molecular complexity index is 494. The van der Waals surface area contributed by atoms with Crippen molar-refractivity contribution < 1.29 is 9.90 Å². The Morgan fingerprint density at radius 1 is 1.47 bits per heavy atom. The molecular weight excluding hydrogens is 284 g/mol. The van der Waals surface area contributed by atoms with Crippen LogP contribution in [0.4, 0.5) is 5.82 Å². The Kier molecular flexibility index (Phi) is 4.26. The minimum Gasteiger partial charge on any atom is -0.476 e. The van der Waals surface area contributed by atoms with Gasteiger partial charge in [-0.15, -0.1) is 0 Å². The van der Waals surface area contributed by atoms with Gasteiger partial charge in [0.25, 0.3) is 0 Å². The number of carboxylic acid groups (broad SMARTS) is 1. The SMILES string of the molecule is CC1(C)CCN(c2ccc(Cl)c(C(=O)O)n2)CCS1. The fourth-order valence-corrected chi connectivity index (χ4v) is 3.29. The van der Waals surface area contributed by atoms with Gasteiger partial charge in [0, 0.05) is 23.6 Å². The third-order valence-electron chi connectivity index (χ3n) is 3.20. The van der Waals surface area contributed by atoms with Crippen LogP contribution >= 0.6 is 23.4 Å². The molecule has 0 spiro atoms. The molecule has 104 valence electrons. The van der Waals surface area contributed by atoms with Crippen molar-refractivity contribution in [1.29, 1.82) is 0 Å². The summed E-state index contributed by atoms with van der Waals surface area (Å²) in [6, 6.07) is 3.40. The first kappa shape index (κ1) is 14.5. The molecule has 4 nitrogen and oxygen atoms in total. The van der Waals surface area contributed by atoms with Crippen molar-refractivity contribution in [3.63, 3.8) is 0 Å². The number of aromatic carboxylic acids is 1. The molecule has 1 aliphatic rings. The third-order valence-corrected chi connectivity index (χ3v) is 4.87. The van der Waals surface area contributed by atoms with E-state index in [0.717, 1.165) is 25.3 Å². The van der Waals surface area contributed by atoms with E-state index in [0.29, 0.717) is 5.82 Å². The number of aromatic nitrogens is 1. The summed E-state index contributed by atoms with van der Waals surface area (Å²) < 4.78 is 0.261. The number of nitrogens with zero attached hydrogens (tertiary/aromatic N) is 2. The summed E-state index contributed by atoms with van der Waals surface area (Å²) in [5.74, 6) is 0.621. The van der Waals surface area contributed by atoms with E-state index in [4.69, 9.17) is 16.7 Å². The van der Waals surface area contributed by atoms with Crippen molar-refractivity contribution in [1.82, 2.24) is 4.98 Å². The van der Waals surface area contributed by atoms with Gasteiger partial charge in [-0.2, -0.15) is 11.8 Å². The van der Waals surface area contributed by atoms with Crippen LogP contribution in [0.15, 0.2) is 12.1 Å². The number of anilines is 1. The summed E-state index contributed by atoms with van der Waals surface area (Å²) in [7, 11) is 0. The fraction of sp³-hybridized carbons (Fsp3) is 0.538. The molecule has 1 aromatic rings. The Balaban J connectivity index is 2.22. The smallest absolute Gasteiger partial charge is 0.356 e. The van der Waals surface area contributed by atoms with E-state index in [1.165, 1.54) is 0 Å². The Labute approximate surface area is 122 Å². The standard InChI is InChI=1S/C13H17ClN2O2S/c1-13(2)5-6-16(7-8-19-13)10-4-3-9(14)11(15-10)12(17)18/h3-4H,5-8H2,1-2H3,(H,17,18). The van der Waals surface area contributed by atoms with Crippen molar-refractivity contribution in [2.75, 3.05) is 23.7 Å². The van der Waals surface area contributed by atoms with Gasteiger partial charge in [0.2, 0.25) is 0 Å². The normalized spacial score (nSPS) is 19.0. The second kappa shape index (κ2) is 5.59. The summed E-state index contributed by atoms with van der Waals surface area (Å²) >= 11 is 7.78. The van der Waals surface area contributed by atoms with Crippen molar-refractivity contribution in [3.8, 4) is 0 Å². The summed E-state index contributed by atoms with van der Waals surface area (Å²) in [5, 5.41) is 9.24. The highest BCUT2D eigenvalue weighted by Crippen LogP contribution is 2.32. The van der Waals surface area contributed by atoms with Crippen LogP contribution in [-0.4, -0.2) is 39.6 Å². The van der Waals surface area contributed by atoms with E-state index in [1.54, 1.807) is 12.1 Å². The fourth-order valence-electron chi connectivity index (χ4n) is 2.01. The van der Waals surface area contributed by atoms with E-state index in [-0.39, 0.29) is 15.5 Å². The molecule has 0 aliphatic carbocycles. The van der Waals surface area contributed by atoms with Gasteiger partial charge in [-0.05, 0) is 18.6 Å². The maximum absolute atomic E-state index is 11.1. The average molecular weight is 301 g/mol. The zero-order valence-corrected chi connectivity index (χ0v) is 12.6. The lowest BCUT2D eigenvalue weighted by Crippen LogP contribution is -2.28. The second-order valence-electron chi connectivity index (χ2n) is 5.15. The van der Waals surface area contributed by atoms with Gasteiger partial charge in [-0.3, -0.25) is 0 Å². The molecule has 0 bridgehead atoms. The summed E-state index contributed by atoms with van der Waals surface area (Å²) in [4.78, 5) is 17.4. The Morgan fingerprint density at radius 2 is 2.21 bits per heavy atom. The van der Waals surface area contributed by atoms with E-state index in [2.05, 4.69) is 23.7 Å². The number of rotatable bonds is 2. The first-order chi connectivity index (χ1) is 8.89. The van der Waals surface area contributed by atoms with Crippen LogP contribution in [0, 0.1) is 0 Å². The number of carbonyl (C=O) groups is 1. The minimum absolute atomic E-state index is 0.0738. The van der Waals surface area contributed by atoms with Gasteiger partial charge in [-0.1, -0.05) is 25.4 Å². The van der Waals surface area contributed by atoms with Gasteiger partial charge >= 0.3 is 5.97 Å². The zero-order chi connectivity index (χ0) is 14.0. The molecule has 0 saturated carbocycles. The first-order valence-corrected chi connectivity index (χ1v) is 7.54. The number of hydrogen-bond donors (Lipinski definition) is 1. The van der Waals surface area contributed by atoms with E-state index >= 15 is 0 Å². The molecular formula is C13H17ClN2O2S. The number of hydrogen-bond acceptors (Lipinski definition) is 4. The van der Waals surface area contributed by atoms with Crippen LogP contribution in [0.5, 0.6) is 0 Å². The highest BCUT2D eigenvalue weighted by Gasteiger charge is 2.24. The van der Waals surface area contributed by atoms with Gasteiger partial charge < -0.3 is 10.0 Å². The van der Waals surface area contributed by atoms with Crippen molar-refractivity contribution >= 4 is 35.1 Å². The molecule has 19 heavy (non-hydrogen) atoms. The lowest BCUT2D eigenvalue weighted by atomic mass is 10.1. The van der Waals surface area contributed by atoms with Gasteiger partial charge in [0.05, 0.1) is 5.02 Å². The number of thioether (sulfide) groups is 1. The van der Waals surface area contributed by atoms with Gasteiger partial charge in [0.15, 0.2) is 5.69 Å². The van der Waals surface area contributed by atoms with Crippen LogP contribution in [0.25, 0.3) is 0 Å². The van der Waals surface area contributed by atoms with Crippen molar-refractivity contribution in [2.45, 2.75) is 25.0 Å². The molecule has 0 atom stereocenters. The molecule has 1 aromatic heterocycles. The van der Waals surface area contributed by atoms with Crippen LogP contribution in [0.2, 0.25) is 5.02 Å². The second-order valence-corrected chi connectivity index (χ2v) is 7.36. The Hall–Kier alpha value is -0.940. The molecule has 1 fully saturated rings. The molecule has 1 aliphatic heterocycles. The van der Waals surface area contributed by atoms with Crippen LogP contribution in [0.1, 0.15) is 30.8 Å². The predicted octanol–water partition coefficient (Wildman–Crippen LogP) is 3.16. The van der Waals surface area contributed by atoms with E-state index < -0.39 is 5.97 Å². The third kappa shape index (κ3) is 3.54. The Morgan fingerprint density at radius 3 is 2.89 bits per heavy atom. The quantitative estimate of drug-likeness (QED) is 0.909. The predicted molar refractivity (Wildman–Crippen MR) is 79.6 cm³/mol. The largest absolute Gasteiger partial charge is 0.476 e. The highest BCUT2D eigenvalue weighted by molar-refractivity contribution is 8.00. The lowest BCUT2D eigenvalue weighted by molar-refractivity contribution is 0.0691. The number of carboxylic acids is 1. The molecule has 2 rings (SSSR count). The first-order valence-electron chi connectivity index (χ1n) is 6.18. The lowest BCUT2D eigenvalue weighted by Gasteiger charge is -2.23. The number of halogens is 1. The molecule has 2 heterocycles. The maximum Gasteiger partial charge on any atom is 0.356 e. The van der Waals surface area contributed by atoms with Crippen LogP contribution in [0.3, 0.4) is 0 Å². The molecule has 1 N–H and O–H groups in total. The molecule has 0 unspecified atom stereocenters. The summed E-state index contributed by atoms with van der Waals surface area (Å²) in [6.45, 7) is 6.23. The van der Waals surface area contributed by atoms with Gasteiger partial charge in [-0.25, -0.2) is 9.78 Å². The van der Waals surface area contributed by atoms with Crippen LogP contribution < -0.4 is 4.90 Å². The summed E-state index contributed by atoms with van der Waals surface area (Å²) in [5.41, 5.74) is -0.0738. The van der Waals surface area contributed by atoms with E-state index in [9.17, 15) is 4.79 Å². The van der Waals surface area contributed by atoms with Crippen molar-refractivity contribution in [3.05, 3.63) is 22.8 Å². The molecule has 6 heteroatoms. The van der Waals surface area contributed by atoms with Gasteiger partial charge in [0.1, 0.15) is 5.82 Å². The highest BCUT2D eigenvalue weighted by atomic mass is 35.5. The number of pyridine rings is 1. The maximum atomic E-state index is 11.1. The molecule has 1 saturated heterocycles. The zero-order valence-electron chi connectivity index (χ0n) is 11.0. The minimum atomic E-state index is -1.09. The molecule has 0 aromatic carbocycles.